The molecular weight excluding hydrogens is 218 g/mol. The van der Waals surface area contributed by atoms with Crippen LogP contribution < -0.4 is 5.32 Å². The molecule has 1 N–H and O–H groups in total. The van der Waals surface area contributed by atoms with Gasteiger partial charge in [0.25, 0.3) is 0 Å². The molecule has 0 aromatic carbocycles. The van der Waals surface area contributed by atoms with Crippen molar-refractivity contribution in [1.29, 1.82) is 0 Å². The predicted octanol–water partition coefficient (Wildman–Crippen LogP) is 1.68. The fourth-order valence-corrected chi connectivity index (χ4v) is 2.02. The summed E-state index contributed by atoms with van der Waals surface area (Å²) in [5, 5.41) is 7.10. The number of aromatic nitrogens is 2. The summed E-state index contributed by atoms with van der Waals surface area (Å²) in [6, 6.07) is 0. The average Bonchev–Trinajstić information content (AvgIpc) is 2.83. The maximum Gasteiger partial charge on any atom is 0.226 e. The fraction of sp³-hybridized carbons (Fsp3) is 0.833. The molecule has 0 spiro atoms. The second-order valence-corrected chi connectivity index (χ2v) is 4.41. The van der Waals surface area contributed by atoms with Crippen LogP contribution in [0.25, 0.3) is 0 Å². The van der Waals surface area contributed by atoms with Gasteiger partial charge in [0, 0.05) is 13.0 Å². The third-order valence-electron chi connectivity index (χ3n) is 3.00. The third kappa shape index (κ3) is 4.09. The minimum absolute atomic E-state index is 0.382. The summed E-state index contributed by atoms with van der Waals surface area (Å²) in [6.45, 7) is 4.56. The maximum atomic E-state index is 5.67. The van der Waals surface area contributed by atoms with E-state index in [0.717, 1.165) is 37.7 Å². The summed E-state index contributed by atoms with van der Waals surface area (Å²) >= 11 is 0. The van der Waals surface area contributed by atoms with Gasteiger partial charge in [-0.15, -0.1) is 0 Å². The molecule has 2 rings (SSSR count). The van der Waals surface area contributed by atoms with E-state index >= 15 is 0 Å². The molecule has 5 heteroatoms. The molecule has 1 fully saturated rings. The van der Waals surface area contributed by atoms with Crippen molar-refractivity contribution in [2.75, 3.05) is 13.2 Å². The topological polar surface area (TPSA) is 60.2 Å². The van der Waals surface area contributed by atoms with Gasteiger partial charge >= 0.3 is 0 Å². The van der Waals surface area contributed by atoms with E-state index in [-0.39, 0.29) is 0 Å². The summed E-state index contributed by atoms with van der Waals surface area (Å²) in [7, 11) is 0. The van der Waals surface area contributed by atoms with Crippen LogP contribution in [0, 0.1) is 0 Å². The van der Waals surface area contributed by atoms with Crippen LogP contribution in [0.4, 0.5) is 0 Å². The number of rotatable bonds is 6. The maximum absolute atomic E-state index is 5.67. The average molecular weight is 239 g/mol. The Morgan fingerprint density at radius 2 is 2.35 bits per heavy atom. The quantitative estimate of drug-likeness (QED) is 0.818. The van der Waals surface area contributed by atoms with E-state index in [9.17, 15) is 0 Å². The standard InChI is InChI=1S/C12H21N3O2/c1-2-13-9-11-14-12(17-15-11)7-6-10-5-3-4-8-16-10/h10,13H,2-9H2,1H3. The molecule has 1 aromatic rings. The highest BCUT2D eigenvalue weighted by molar-refractivity contribution is 4.86. The molecule has 1 atom stereocenters. The summed E-state index contributed by atoms with van der Waals surface area (Å²) in [5.74, 6) is 1.47. The van der Waals surface area contributed by atoms with Crippen LogP contribution in [0.1, 0.15) is 44.3 Å². The highest BCUT2D eigenvalue weighted by Crippen LogP contribution is 2.17. The first kappa shape index (κ1) is 12.5. The third-order valence-corrected chi connectivity index (χ3v) is 3.00. The molecule has 0 saturated carbocycles. The molecule has 2 heterocycles. The van der Waals surface area contributed by atoms with E-state index < -0.39 is 0 Å². The Balaban J connectivity index is 1.72. The van der Waals surface area contributed by atoms with Crippen molar-refractivity contribution in [3.63, 3.8) is 0 Å². The summed E-state index contributed by atoms with van der Waals surface area (Å²) in [4.78, 5) is 4.34. The van der Waals surface area contributed by atoms with E-state index in [2.05, 4.69) is 22.4 Å². The Morgan fingerprint density at radius 3 is 3.12 bits per heavy atom. The van der Waals surface area contributed by atoms with Gasteiger partial charge in [-0.3, -0.25) is 0 Å². The van der Waals surface area contributed by atoms with Crippen molar-refractivity contribution in [2.24, 2.45) is 0 Å². The van der Waals surface area contributed by atoms with E-state index in [1.165, 1.54) is 19.3 Å². The second-order valence-electron chi connectivity index (χ2n) is 4.41. The van der Waals surface area contributed by atoms with Crippen molar-refractivity contribution in [3.05, 3.63) is 11.7 Å². The van der Waals surface area contributed by atoms with Crippen LogP contribution >= 0.6 is 0 Å². The molecule has 17 heavy (non-hydrogen) atoms. The van der Waals surface area contributed by atoms with Crippen molar-refractivity contribution in [3.8, 4) is 0 Å². The van der Waals surface area contributed by atoms with Gasteiger partial charge in [0.05, 0.1) is 12.6 Å². The van der Waals surface area contributed by atoms with Gasteiger partial charge in [-0.25, -0.2) is 0 Å². The number of hydrogen-bond acceptors (Lipinski definition) is 5. The molecule has 96 valence electrons. The van der Waals surface area contributed by atoms with Crippen LogP contribution in [-0.2, 0) is 17.7 Å². The van der Waals surface area contributed by atoms with Gasteiger partial charge in [0.2, 0.25) is 5.89 Å². The monoisotopic (exact) mass is 239 g/mol. The van der Waals surface area contributed by atoms with Gasteiger partial charge in [-0.1, -0.05) is 12.1 Å². The van der Waals surface area contributed by atoms with Crippen LogP contribution in [0.3, 0.4) is 0 Å². The van der Waals surface area contributed by atoms with Crippen molar-refractivity contribution < 1.29 is 9.26 Å². The van der Waals surface area contributed by atoms with Crippen molar-refractivity contribution in [1.82, 2.24) is 15.5 Å². The van der Waals surface area contributed by atoms with E-state index in [1.807, 2.05) is 0 Å². The summed E-state index contributed by atoms with van der Waals surface area (Å²) in [5.41, 5.74) is 0. The number of nitrogens with zero attached hydrogens (tertiary/aromatic N) is 2. The first-order valence-corrected chi connectivity index (χ1v) is 6.52. The van der Waals surface area contributed by atoms with E-state index in [4.69, 9.17) is 9.26 Å². The van der Waals surface area contributed by atoms with Crippen molar-refractivity contribution in [2.45, 2.75) is 51.7 Å². The predicted molar refractivity (Wildman–Crippen MR) is 63.6 cm³/mol. The van der Waals surface area contributed by atoms with E-state index in [0.29, 0.717) is 12.6 Å². The second kappa shape index (κ2) is 6.71. The lowest BCUT2D eigenvalue weighted by atomic mass is 10.0. The van der Waals surface area contributed by atoms with Gasteiger partial charge < -0.3 is 14.6 Å². The van der Waals surface area contributed by atoms with Crippen LogP contribution in [0.2, 0.25) is 0 Å². The largest absolute Gasteiger partial charge is 0.378 e. The zero-order valence-corrected chi connectivity index (χ0v) is 10.4. The highest BCUT2D eigenvalue weighted by atomic mass is 16.5. The zero-order valence-electron chi connectivity index (χ0n) is 10.4. The molecule has 5 nitrogen and oxygen atoms in total. The minimum Gasteiger partial charge on any atom is -0.378 e. The molecular formula is C12H21N3O2. The lowest BCUT2D eigenvalue weighted by Gasteiger charge is -2.21. The highest BCUT2D eigenvalue weighted by Gasteiger charge is 2.15. The Labute approximate surface area is 102 Å². The van der Waals surface area contributed by atoms with Crippen LogP contribution in [0.15, 0.2) is 4.52 Å². The fourth-order valence-electron chi connectivity index (χ4n) is 2.02. The first-order chi connectivity index (χ1) is 8.38. The summed E-state index contributed by atoms with van der Waals surface area (Å²) < 4.78 is 10.9. The molecule has 1 aliphatic rings. The molecule has 1 aromatic heterocycles. The number of hydrogen-bond donors (Lipinski definition) is 1. The number of aryl methyl sites for hydroxylation is 1. The molecule has 0 radical (unpaired) electrons. The lowest BCUT2D eigenvalue weighted by molar-refractivity contribution is 0.0104. The zero-order chi connectivity index (χ0) is 11.9. The molecule has 1 unspecified atom stereocenters. The first-order valence-electron chi connectivity index (χ1n) is 6.52. The van der Waals surface area contributed by atoms with Gasteiger partial charge in [0.1, 0.15) is 0 Å². The smallest absolute Gasteiger partial charge is 0.226 e. The van der Waals surface area contributed by atoms with Gasteiger partial charge in [-0.05, 0) is 32.2 Å². The number of nitrogens with one attached hydrogen (secondary N) is 1. The molecule has 0 bridgehead atoms. The van der Waals surface area contributed by atoms with Crippen LogP contribution in [-0.4, -0.2) is 29.4 Å². The molecule has 1 saturated heterocycles. The van der Waals surface area contributed by atoms with Crippen LogP contribution in [0.5, 0.6) is 0 Å². The number of ether oxygens (including phenoxy) is 1. The normalized spacial score (nSPS) is 20.6. The Hall–Kier alpha value is -0.940. The molecule has 0 aliphatic carbocycles. The Kier molecular flexibility index (Phi) is 4.94. The summed E-state index contributed by atoms with van der Waals surface area (Å²) in [6.07, 6.45) is 5.84. The van der Waals surface area contributed by atoms with Gasteiger partial charge in [0.15, 0.2) is 5.82 Å². The van der Waals surface area contributed by atoms with Crippen molar-refractivity contribution >= 4 is 0 Å². The Bertz CT molecular complexity index is 321. The van der Waals surface area contributed by atoms with Gasteiger partial charge in [-0.2, -0.15) is 4.98 Å². The molecule has 0 amide bonds. The minimum atomic E-state index is 0.382. The SMILES string of the molecule is CCNCc1noc(CCC2CCCCO2)n1. The molecule has 1 aliphatic heterocycles. The lowest BCUT2D eigenvalue weighted by Crippen LogP contribution is -2.19. The Morgan fingerprint density at radius 1 is 1.41 bits per heavy atom. The van der Waals surface area contributed by atoms with E-state index in [1.54, 1.807) is 0 Å².